The molecule has 1 aromatic heterocycles. The van der Waals surface area contributed by atoms with Crippen molar-refractivity contribution in [1.29, 1.82) is 0 Å². The van der Waals surface area contributed by atoms with Crippen LogP contribution in [0.3, 0.4) is 0 Å². The SMILES string of the molecule is CC[C@H](C)NC(=O)c1nn(-c2ccc(C)cc2)c(=O)n(Cc2ccccc2)c1=O. The first-order valence-corrected chi connectivity index (χ1v) is 9.56. The lowest BCUT2D eigenvalue weighted by atomic mass is 10.2. The maximum atomic E-state index is 13.1. The van der Waals surface area contributed by atoms with Gasteiger partial charge in [0.15, 0.2) is 0 Å². The highest BCUT2D eigenvalue weighted by Gasteiger charge is 2.21. The fourth-order valence-corrected chi connectivity index (χ4v) is 2.81. The maximum absolute atomic E-state index is 13.1. The number of amides is 1. The van der Waals surface area contributed by atoms with Crippen LogP contribution in [0.25, 0.3) is 5.69 Å². The molecule has 2 aromatic carbocycles. The van der Waals surface area contributed by atoms with Gasteiger partial charge in [0, 0.05) is 6.04 Å². The van der Waals surface area contributed by atoms with E-state index in [1.807, 2.05) is 63.2 Å². The number of carbonyl (C=O) groups excluding carboxylic acids is 1. The van der Waals surface area contributed by atoms with Crippen LogP contribution < -0.4 is 16.6 Å². The van der Waals surface area contributed by atoms with Crippen LogP contribution in [-0.2, 0) is 6.54 Å². The van der Waals surface area contributed by atoms with Gasteiger partial charge in [-0.05, 0) is 38.0 Å². The summed E-state index contributed by atoms with van der Waals surface area (Å²) < 4.78 is 2.16. The monoisotopic (exact) mass is 392 g/mol. The third-order valence-corrected chi connectivity index (χ3v) is 4.73. The highest BCUT2D eigenvalue weighted by Crippen LogP contribution is 2.06. The van der Waals surface area contributed by atoms with Crippen molar-refractivity contribution in [2.75, 3.05) is 0 Å². The maximum Gasteiger partial charge on any atom is 0.352 e. The smallest absolute Gasteiger partial charge is 0.348 e. The minimum atomic E-state index is -0.706. The van der Waals surface area contributed by atoms with Gasteiger partial charge in [-0.3, -0.25) is 14.2 Å². The van der Waals surface area contributed by atoms with Crippen molar-refractivity contribution in [3.05, 3.63) is 92.3 Å². The topological polar surface area (TPSA) is 86.0 Å². The molecule has 1 atom stereocenters. The molecule has 29 heavy (non-hydrogen) atoms. The molecule has 0 unspecified atom stereocenters. The molecule has 0 spiro atoms. The van der Waals surface area contributed by atoms with Crippen molar-refractivity contribution in [2.45, 2.75) is 39.8 Å². The van der Waals surface area contributed by atoms with Gasteiger partial charge in [0.25, 0.3) is 11.5 Å². The molecular formula is C22H24N4O3. The molecule has 0 saturated heterocycles. The van der Waals surface area contributed by atoms with Crippen LogP contribution in [0.2, 0.25) is 0 Å². The molecule has 0 bridgehead atoms. The van der Waals surface area contributed by atoms with Gasteiger partial charge >= 0.3 is 5.69 Å². The third kappa shape index (κ3) is 4.51. The Morgan fingerprint density at radius 2 is 1.72 bits per heavy atom. The standard InChI is InChI=1S/C22H24N4O3/c1-4-16(3)23-20(27)19-21(28)25(14-17-8-6-5-7-9-17)22(29)26(24-19)18-12-10-15(2)11-13-18/h5-13,16H,4,14H2,1-3H3,(H,23,27)/t16-/m0/s1. The summed E-state index contributed by atoms with van der Waals surface area (Å²) in [6.45, 7) is 5.76. The number of aromatic nitrogens is 3. The van der Waals surface area contributed by atoms with E-state index in [1.165, 1.54) is 0 Å². The van der Waals surface area contributed by atoms with Crippen LogP contribution in [0.15, 0.2) is 64.2 Å². The zero-order chi connectivity index (χ0) is 21.0. The summed E-state index contributed by atoms with van der Waals surface area (Å²) in [5.41, 5.74) is 0.683. The molecular weight excluding hydrogens is 368 g/mol. The molecule has 0 fully saturated rings. The number of nitrogens with one attached hydrogen (secondary N) is 1. The Labute approximate surface area is 168 Å². The number of nitrogens with zero attached hydrogens (tertiary/aromatic N) is 3. The minimum absolute atomic E-state index is 0.0521. The first-order chi connectivity index (χ1) is 13.9. The Kier molecular flexibility index (Phi) is 6.07. The molecule has 0 radical (unpaired) electrons. The van der Waals surface area contributed by atoms with Crippen LogP contribution >= 0.6 is 0 Å². The summed E-state index contributed by atoms with van der Waals surface area (Å²) in [5, 5.41) is 6.87. The normalized spacial score (nSPS) is 11.8. The molecule has 1 heterocycles. The van der Waals surface area contributed by atoms with E-state index in [0.29, 0.717) is 12.1 Å². The number of rotatable bonds is 6. The van der Waals surface area contributed by atoms with E-state index in [1.54, 1.807) is 12.1 Å². The molecule has 3 rings (SSSR count). The molecule has 7 heteroatoms. The predicted molar refractivity (Wildman–Crippen MR) is 112 cm³/mol. The summed E-state index contributed by atoms with van der Waals surface area (Å²) in [4.78, 5) is 38.7. The molecule has 0 aliphatic carbocycles. The number of hydrogen-bond acceptors (Lipinski definition) is 4. The lowest BCUT2D eigenvalue weighted by Crippen LogP contribution is -2.47. The van der Waals surface area contributed by atoms with Gasteiger partial charge < -0.3 is 5.32 Å². The fraction of sp³-hybridized carbons (Fsp3) is 0.273. The van der Waals surface area contributed by atoms with E-state index in [2.05, 4.69) is 10.4 Å². The number of carbonyl (C=O) groups is 1. The van der Waals surface area contributed by atoms with Crippen LogP contribution in [0.4, 0.5) is 0 Å². The van der Waals surface area contributed by atoms with Gasteiger partial charge in [0.05, 0.1) is 12.2 Å². The Bertz CT molecular complexity index is 1120. The highest BCUT2D eigenvalue weighted by molar-refractivity contribution is 5.91. The molecule has 0 aliphatic rings. The lowest BCUT2D eigenvalue weighted by molar-refractivity contribution is 0.0929. The van der Waals surface area contributed by atoms with Crippen LogP contribution in [0.1, 0.15) is 41.9 Å². The van der Waals surface area contributed by atoms with Gasteiger partial charge in [-0.15, -0.1) is 0 Å². The third-order valence-electron chi connectivity index (χ3n) is 4.73. The zero-order valence-corrected chi connectivity index (χ0v) is 16.8. The van der Waals surface area contributed by atoms with Crippen LogP contribution in [0.5, 0.6) is 0 Å². The van der Waals surface area contributed by atoms with Crippen molar-refractivity contribution in [1.82, 2.24) is 19.7 Å². The molecule has 150 valence electrons. The van der Waals surface area contributed by atoms with E-state index in [0.717, 1.165) is 20.4 Å². The Morgan fingerprint density at radius 3 is 2.34 bits per heavy atom. The second kappa shape index (κ2) is 8.68. The van der Waals surface area contributed by atoms with E-state index >= 15 is 0 Å². The molecule has 3 aromatic rings. The first-order valence-electron chi connectivity index (χ1n) is 9.56. The van der Waals surface area contributed by atoms with Crippen LogP contribution in [0, 0.1) is 6.92 Å². The number of aryl methyl sites for hydroxylation is 1. The number of benzene rings is 2. The lowest BCUT2D eigenvalue weighted by Gasteiger charge is -2.14. The van der Waals surface area contributed by atoms with E-state index in [4.69, 9.17) is 0 Å². The second-order valence-electron chi connectivity index (χ2n) is 7.04. The average Bonchev–Trinajstić information content (AvgIpc) is 2.72. The van der Waals surface area contributed by atoms with E-state index < -0.39 is 17.2 Å². The Balaban J connectivity index is 2.18. The summed E-state index contributed by atoms with van der Waals surface area (Å²) in [6.07, 6.45) is 0.710. The molecule has 1 amide bonds. The van der Waals surface area contributed by atoms with Crippen molar-refractivity contribution in [2.24, 2.45) is 0 Å². The Hall–Kier alpha value is -3.48. The van der Waals surface area contributed by atoms with Gasteiger partial charge in [-0.25, -0.2) is 4.79 Å². The van der Waals surface area contributed by atoms with Crippen molar-refractivity contribution < 1.29 is 4.79 Å². The fourth-order valence-electron chi connectivity index (χ4n) is 2.81. The Morgan fingerprint density at radius 1 is 1.07 bits per heavy atom. The van der Waals surface area contributed by atoms with Crippen molar-refractivity contribution in [3.8, 4) is 5.69 Å². The number of hydrogen-bond donors (Lipinski definition) is 1. The van der Waals surface area contributed by atoms with Gasteiger partial charge in [0.1, 0.15) is 0 Å². The van der Waals surface area contributed by atoms with Gasteiger partial charge in [-0.1, -0.05) is 55.0 Å². The molecule has 1 N–H and O–H groups in total. The summed E-state index contributed by atoms with van der Waals surface area (Å²) in [6, 6.07) is 16.2. The second-order valence-corrected chi connectivity index (χ2v) is 7.04. The molecule has 0 saturated carbocycles. The van der Waals surface area contributed by atoms with E-state index in [-0.39, 0.29) is 18.3 Å². The summed E-state index contributed by atoms with van der Waals surface area (Å²) in [7, 11) is 0. The molecule has 0 aliphatic heterocycles. The van der Waals surface area contributed by atoms with Crippen molar-refractivity contribution >= 4 is 5.91 Å². The highest BCUT2D eigenvalue weighted by atomic mass is 16.2. The van der Waals surface area contributed by atoms with Gasteiger partial charge in [-0.2, -0.15) is 9.78 Å². The van der Waals surface area contributed by atoms with Crippen molar-refractivity contribution in [3.63, 3.8) is 0 Å². The van der Waals surface area contributed by atoms with Crippen LogP contribution in [-0.4, -0.2) is 26.3 Å². The predicted octanol–water partition coefficient (Wildman–Crippen LogP) is 2.28. The summed E-state index contributed by atoms with van der Waals surface area (Å²) >= 11 is 0. The quantitative estimate of drug-likeness (QED) is 0.697. The van der Waals surface area contributed by atoms with E-state index in [9.17, 15) is 14.4 Å². The average molecular weight is 392 g/mol. The summed E-state index contributed by atoms with van der Waals surface area (Å²) in [5.74, 6) is -0.591. The first kappa shape index (κ1) is 20.3. The largest absolute Gasteiger partial charge is 0.352 e. The van der Waals surface area contributed by atoms with Gasteiger partial charge in [0.2, 0.25) is 5.69 Å². The molecule has 7 nitrogen and oxygen atoms in total. The zero-order valence-electron chi connectivity index (χ0n) is 16.8. The minimum Gasteiger partial charge on any atom is -0.348 e.